The van der Waals surface area contributed by atoms with Crippen molar-refractivity contribution in [2.75, 3.05) is 6.61 Å². The molecule has 1 aromatic heterocycles. The average molecular weight is 382 g/mol. The summed E-state index contributed by atoms with van der Waals surface area (Å²) in [6.45, 7) is 4.38. The van der Waals surface area contributed by atoms with Crippen LogP contribution in [0.1, 0.15) is 12.0 Å². The molecule has 5 nitrogen and oxygen atoms in total. The second-order valence-electron chi connectivity index (χ2n) is 5.98. The predicted molar refractivity (Wildman–Crippen MR) is 107 cm³/mol. The fourth-order valence-electron chi connectivity index (χ4n) is 2.53. The number of hydrogen-bond donors (Lipinski definition) is 1. The monoisotopic (exact) mass is 382 g/mol. The Morgan fingerprint density at radius 3 is 2.30 bits per heavy atom. The maximum atomic E-state index is 12.5. The molecule has 0 aliphatic rings. The summed E-state index contributed by atoms with van der Waals surface area (Å²) in [6, 6.07) is 18.0. The van der Waals surface area contributed by atoms with Crippen molar-refractivity contribution >= 4 is 10.0 Å². The number of nitrogens with zero attached hydrogens (tertiary/aromatic N) is 1. The van der Waals surface area contributed by atoms with E-state index >= 15 is 0 Å². The van der Waals surface area contributed by atoms with Crippen LogP contribution in [0.5, 0.6) is 5.75 Å². The molecule has 0 aliphatic heterocycles. The molecule has 0 saturated carbocycles. The molecule has 0 amide bonds. The lowest BCUT2D eigenvalue weighted by molar-refractivity contribution is 0.325. The van der Waals surface area contributed by atoms with Crippen molar-refractivity contribution in [2.24, 2.45) is 0 Å². The van der Waals surface area contributed by atoms with E-state index in [-0.39, 0.29) is 11.4 Å². The van der Waals surface area contributed by atoms with Gasteiger partial charge in [-0.15, -0.1) is 6.58 Å². The molecule has 3 rings (SSSR count). The van der Waals surface area contributed by atoms with Gasteiger partial charge in [-0.1, -0.05) is 18.2 Å². The Hall–Kier alpha value is -2.83. The lowest BCUT2D eigenvalue weighted by Crippen LogP contribution is -2.23. The van der Waals surface area contributed by atoms with Crippen LogP contribution in [0, 0.1) is 0 Å². The zero-order valence-electron chi connectivity index (χ0n) is 14.9. The zero-order valence-corrected chi connectivity index (χ0v) is 15.7. The van der Waals surface area contributed by atoms with Crippen LogP contribution in [0.3, 0.4) is 0 Å². The lowest BCUT2D eigenvalue weighted by atomic mass is 10.2. The SMILES string of the molecule is C=CCCOc1ccc(S(=O)(=O)NCc2ccc(-n3cccc3)cc2)cc1. The number of benzene rings is 2. The van der Waals surface area contributed by atoms with Gasteiger partial charge in [0.2, 0.25) is 10.0 Å². The van der Waals surface area contributed by atoms with Crippen molar-refractivity contribution in [1.82, 2.24) is 9.29 Å². The molecule has 0 aliphatic carbocycles. The number of hydrogen-bond acceptors (Lipinski definition) is 3. The van der Waals surface area contributed by atoms with Crippen molar-refractivity contribution < 1.29 is 13.2 Å². The van der Waals surface area contributed by atoms with E-state index in [0.29, 0.717) is 12.4 Å². The molecule has 0 fully saturated rings. The molecular weight excluding hydrogens is 360 g/mol. The molecule has 0 saturated heterocycles. The Morgan fingerprint density at radius 1 is 1.00 bits per heavy atom. The van der Waals surface area contributed by atoms with Gasteiger partial charge in [0.05, 0.1) is 11.5 Å². The highest BCUT2D eigenvalue weighted by molar-refractivity contribution is 7.89. The number of nitrogens with one attached hydrogen (secondary N) is 1. The molecule has 0 atom stereocenters. The van der Waals surface area contributed by atoms with E-state index in [1.165, 1.54) is 0 Å². The normalized spacial score (nSPS) is 11.3. The molecule has 0 radical (unpaired) electrons. The van der Waals surface area contributed by atoms with Gasteiger partial charge in [0.25, 0.3) is 0 Å². The first-order valence-electron chi connectivity index (χ1n) is 8.64. The van der Waals surface area contributed by atoms with E-state index in [0.717, 1.165) is 17.7 Å². The largest absolute Gasteiger partial charge is 0.493 e. The van der Waals surface area contributed by atoms with E-state index in [2.05, 4.69) is 11.3 Å². The van der Waals surface area contributed by atoms with Gasteiger partial charge < -0.3 is 9.30 Å². The molecule has 0 unspecified atom stereocenters. The molecule has 1 heterocycles. The minimum absolute atomic E-state index is 0.211. The minimum atomic E-state index is -3.58. The fraction of sp³-hybridized carbons (Fsp3) is 0.143. The number of ether oxygens (including phenoxy) is 1. The topological polar surface area (TPSA) is 60.3 Å². The van der Waals surface area contributed by atoms with Crippen LogP contribution in [0.2, 0.25) is 0 Å². The van der Waals surface area contributed by atoms with Gasteiger partial charge in [-0.05, 0) is 60.5 Å². The molecule has 3 aromatic rings. The predicted octanol–water partition coefficient (Wildman–Crippen LogP) is 3.91. The highest BCUT2D eigenvalue weighted by Gasteiger charge is 2.13. The zero-order chi connectivity index (χ0) is 19.1. The minimum Gasteiger partial charge on any atom is -0.493 e. The van der Waals surface area contributed by atoms with Gasteiger partial charge in [0.1, 0.15) is 5.75 Å². The molecule has 1 N–H and O–H groups in total. The summed E-state index contributed by atoms with van der Waals surface area (Å²) in [6.07, 6.45) is 6.43. The standard InChI is InChI=1S/C21H22N2O3S/c1-2-3-16-26-20-10-12-21(13-11-20)27(24,25)22-17-18-6-8-19(9-7-18)23-14-4-5-15-23/h2,4-15,22H,1,3,16-17H2. The van der Waals surface area contributed by atoms with Gasteiger partial charge in [0.15, 0.2) is 0 Å². The highest BCUT2D eigenvalue weighted by atomic mass is 32.2. The van der Waals surface area contributed by atoms with E-state index in [4.69, 9.17) is 4.74 Å². The summed E-state index contributed by atoms with van der Waals surface area (Å²) in [5.74, 6) is 0.636. The summed E-state index contributed by atoms with van der Waals surface area (Å²) in [5.41, 5.74) is 1.91. The van der Waals surface area contributed by atoms with Gasteiger partial charge in [-0.3, -0.25) is 0 Å². The van der Waals surface area contributed by atoms with Crippen LogP contribution in [-0.4, -0.2) is 19.6 Å². The molecule has 6 heteroatoms. The van der Waals surface area contributed by atoms with Crippen molar-refractivity contribution in [1.29, 1.82) is 0 Å². The molecule has 2 aromatic carbocycles. The summed E-state index contributed by atoms with van der Waals surface area (Å²) < 4.78 is 35.0. The Balaban J connectivity index is 1.60. The summed E-state index contributed by atoms with van der Waals surface area (Å²) in [7, 11) is -3.58. The Morgan fingerprint density at radius 2 is 1.67 bits per heavy atom. The third-order valence-electron chi connectivity index (χ3n) is 4.03. The van der Waals surface area contributed by atoms with E-state index < -0.39 is 10.0 Å². The quantitative estimate of drug-likeness (QED) is 0.451. The fourth-order valence-corrected chi connectivity index (χ4v) is 3.55. The van der Waals surface area contributed by atoms with Crippen LogP contribution in [0.25, 0.3) is 5.69 Å². The van der Waals surface area contributed by atoms with Crippen molar-refractivity contribution in [3.8, 4) is 11.4 Å². The van der Waals surface area contributed by atoms with Gasteiger partial charge in [-0.25, -0.2) is 13.1 Å². The van der Waals surface area contributed by atoms with Crippen LogP contribution < -0.4 is 9.46 Å². The first-order chi connectivity index (χ1) is 13.1. The second kappa shape index (κ2) is 8.70. The Bertz CT molecular complexity index is 961. The maximum Gasteiger partial charge on any atom is 0.240 e. The van der Waals surface area contributed by atoms with Crippen molar-refractivity contribution in [2.45, 2.75) is 17.9 Å². The molecule has 27 heavy (non-hydrogen) atoms. The summed E-state index contributed by atoms with van der Waals surface area (Å²) >= 11 is 0. The maximum absolute atomic E-state index is 12.5. The van der Waals surface area contributed by atoms with E-state index in [9.17, 15) is 8.42 Å². The van der Waals surface area contributed by atoms with Crippen LogP contribution in [0.4, 0.5) is 0 Å². The first-order valence-corrected chi connectivity index (χ1v) is 10.1. The number of sulfonamides is 1. The molecular formula is C21H22N2O3S. The average Bonchev–Trinajstić information content (AvgIpc) is 3.22. The first kappa shape index (κ1) is 18.9. The summed E-state index contributed by atoms with van der Waals surface area (Å²) in [4.78, 5) is 0.211. The van der Waals surface area contributed by atoms with E-state index in [1.807, 2.05) is 53.4 Å². The van der Waals surface area contributed by atoms with Gasteiger partial charge in [0, 0.05) is 24.6 Å². The van der Waals surface area contributed by atoms with Gasteiger partial charge in [-0.2, -0.15) is 0 Å². The molecule has 0 spiro atoms. The summed E-state index contributed by atoms with van der Waals surface area (Å²) in [5, 5.41) is 0. The Labute approximate surface area is 160 Å². The Kier molecular flexibility index (Phi) is 6.11. The second-order valence-corrected chi connectivity index (χ2v) is 7.75. The van der Waals surface area contributed by atoms with Crippen molar-refractivity contribution in [3.05, 3.63) is 91.3 Å². The lowest BCUT2D eigenvalue weighted by Gasteiger charge is -2.09. The van der Waals surface area contributed by atoms with Crippen LogP contribution >= 0.6 is 0 Å². The molecule has 140 valence electrons. The van der Waals surface area contributed by atoms with Crippen molar-refractivity contribution in [3.63, 3.8) is 0 Å². The van der Waals surface area contributed by atoms with Gasteiger partial charge >= 0.3 is 0 Å². The molecule has 0 bridgehead atoms. The van der Waals surface area contributed by atoms with E-state index in [1.54, 1.807) is 30.3 Å². The highest BCUT2D eigenvalue weighted by Crippen LogP contribution is 2.17. The van der Waals surface area contributed by atoms with Crippen LogP contribution in [-0.2, 0) is 16.6 Å². The number of aromatic nitrogens is 1. The third kappa shape index (κ3) is 5.09. The number of rotatable bonds is 9. The van der Waals surface area contributed by atoms with Crippen LogP contribution in [0.15, 0.2) is 90.6 Å². The smallest absolute Gasteiger partial charge is 0.240 e. The third-order valence-corrected chi connectivity index (χ3v) is 5.45.